The molecule has 1 amide bonds. The van der Waals surface area contributed by atoms with Crippen LogP contribution < -0.4 is 16.0 Å². The summed E-state index contributed by atoms with van der Waals surface area (Å²) in [4.78, 5) is 15.8. The van der Waals surface area contributed by atoms with Crippen molar-refractivity contribution in [2.75, 3.05) is 19.6 Å². The average Bonchev–Trinajstić information content (AvgIpc) is 2.45. The summed E-state index contributed by atoms with van der Waals surface area (Å²) in [7, 11) is 0. The Kier molecular flexibility index (Phi) is 4.58. The molecule has 0 unspecified atom stereocenters. The molecule has 1 heterocycles. The number of benzene rings is 1. The Morgan fingerprint density at radius 3 is 2.89 bits per heavy atom. The molecule has 3 N–H and O–H groups in total. The van der Waals surface area contributed by atoms with Gasteiger partial charge in [-0.25, -0.2) is 0 Å². The Hall–Kier alpha value is -2.04. The Morgan fingerprint density at radius 2 is 2.17 bits per heavy atom. The summed E-state index contributed by atoms with van der Waals surface area (Å²) in [5.41, 5.74) is 1.10. The summed E-state index contributed by atoms with van der Waals surface area (Å²) in [5.74, 6) is 0.685. The maximum Gasteiger partial charge on any atom is 0.239 e. The van der Waals surface area contributed by atoms with Crippen LogP contribution in [-0.2, 0) is 11.3 Å². The molecule has 0 fully saturated rings. The van der Waals surface area contributed by atoms with E-state index in [1.54, 1.807) is 0 Å². The molecule has 0 aromatic heterocycles. The number of carbonyl (C=O) groups excluding carboxylic acids is 1. The van der Waals surface area contributed by atoms with Crippen molar-refractivity contribution in [1.29, 1.82) is 0 Å². The summed E-state index contributed by atoms with van der Waals surface area (Å²) in [6, 6.07) is 9.85. The quantitative estimate of drug-likeness (QED) is 0.713. The van der Waals surface area contributed by atoms with Gasteiger partial charge in [0.25, 0.3) is 0 Å². The molecule has 1 aliphatic rings. The second-order valence-electron chi connectivity index (χ2n) is 4.13. The molecule has 1 aromatic carbocycles. The number of rotatable bonds is 4. The van der Waals surface area contributed by atoms with Gasteiger partial charge < -0.3 is 16.0 Å². The Labute approximate surface area is 107 Å². The van der Waals surface area contributed by atoms with Crippen molar-refractivity contribution in [2.45, 2.75) is 13.0 Å². The molecule has 0 spiro atoms. The third-order valence-corrected chi connectivity index (χ3v) is 2.65. The first-order valence-electron chi connectivity index (χ1n) is 6.17. The van der Waals surface area contributed by atoms with Gasteiger partial charge in [-0.1, -0.05) is 30.3 Å². The Morgan fingerprint density at radius 1 is 1.33 bits per heavy atom. The van der Waals surface area contributed by atoms with Crippen LogP contribution in [0, 0.1) is 0 Å². The number of carbonyl (C=O) groups is 1. The summed E-state index contributed by atoms with van der Waals surface area (Å²) < 4.78 is 0. The average molecular weight is 246 g/mol. The SMILES string of the molecule is O=C(CNC1=NCCCN1)NCc1ccccc1. The van der Waals surface area contributed by atoms with E-state index in [4.69, 9.17) is 0 Å². The number of amides is 1. The van der Waals surface area contributed by atoms with Gasteiger partial charge >= 0.3 is 0 Å². The van der Waals surface area contributed by atoms with Gasteiger partial charge in [0.05, 0.1) is 6.54 Å². The maximum atomic E-state index is 11.6. The van der Waals surface area contributed by atoms with Crippen LogP contribution in [0.3, 0.4) is 0 Å². The van der Waals surface area contributed by atoms with Gasteiger partial charge in [0.15, 0.2) is 5.96 Å². The van der Waals surface area contributed by atoms with Gasteiger partial charge in [-0.15, -0.1) is 0 Å². The fourth-order valence-electron chi connectivity index (χ4n) is 1.67. The van der Waals surface area contributed by atoms with Crippen LogP contribution in [0.2, 0.25) is 0 Å². The number of aliphatic imine (C=N–C) groups is 1. The molecule has 1 aliphatic heterocycles. The zero-order valence-electron chi connectivity index (χ0n) is 10.3. The van der Waals surface area contributed by atoms with Crippen molar-refractivity contribution in [1.82, 2.24) is 16.0 Å². The molecule has 0 saturated carbocycles. The highest BCUT2D eigenvalue weighted by atomic mass is 16.1. The zero-order valence-corrected chi connectivity index (χ0v) is 10.3. The minimum atomic E-state index is -0.0334. The maximum absolute atomic E-state index is 11.6. The second kappa shape index (κ2) is 6.64. The van der Waals surface area contributed by atoms with Crippen molar-refractivity contribution in [2.24, 2.45) is 4.99 Å². The topological polar surface area (TPSA) is 65.5 Å². The van der Waals surface area contributed by atoms with E-state index in [2.05, 4.69) is 20.9 Å². The minimum Gasteiger partial charge on any atom is -0.356 e. The third kappa shape index (κ3) is 4.08. The molecule has 5 nitrogen and oxygen atoms in total. The number of guanidine groups is 1. The molecule has 1 aromatic rings. The van der Waals surface area contributed by atoms with E-state index < -0.39 is 0 Å². The fraction of sp³-hybridized carbons (Fsp3) is 0.385. The first kappa shape index (κ1) is 12.4. The molecule has 0 atom stereocenters. The lowest BCUT2D eigenvalue weighted by Crippen LogP contribution is -2.45. The molecule has 18 heavy (non-hydrogen) atoms. The molecule has 5 heteroatoms. The van der Waals surface area contributed by atoms with Gasteiger partial charge in [-0.05, 0) is 12.0 Å². The molecular formula is C13H18N4O. The molecule has 96 valence electrons. The molecule has 2 rings (SSSR count). The molecular weight excluding hydrogens is 228 g/mol. The predicted octanol–water partition coefficient (Wildman–Crippen LogP) is 0.242. The number of nitrogens with zero attached hydrogens (tertiary/aromatic N) is 1. The Balaban J connectivity index is 1.67. The molecule has 0 bridgehead atoms. The van der Waals surface area contributed by atoms with E-state index in [1.807, 2.05) is 30.3 Å². The normalized spacial score (nSPS) is 14.3. The highest BCUT2D eigenvalue weighted by Gasteiger charge is 2.05. The fourth-order valence-corrected chi connectivity index (χ4v) is 1.67. The second-order valence-corrected chi connectivity index (χ2v) is 4.13. The number of nitrogens with one attached hydrogen (secondary N) is 3. The predicted molar refractivity (Wildman–Crippen MR) is 71.2 cm³/mol. The van der Waals surface area contributed by atoms with E-state index in [-0.39, 0.29) is 12.5 Å². The molecule has 0 radical (unpaired) electrons. The van der Waals surface area contributed by atoms with Crippen molar-refractivity contribution in [3.05, 3.63) is 35.9 Å². The van der Waals surface area contributed by atoms with Crippen molar-refractivity contribution in [3.8, 4) is 0 Å². The smallest absolute Gasteiger partial charge is 0.239 e. The summed E-state index contributed by atoms with van der Waals surface area (Å²) in [5, 5.41) is 8.95. The van der Waals surface area contributed by atoms with Crippen molar-refractivity contribution >= 4 is 11.9 Å². The first-order valence-corrected chi connectivity index (χ1v) is 6.17. The summed E-state index contributed by atoms with van der Waals surface area (Å²) >= 11 is 0. The number of hydrogen-bond donors (Lipinski definition) is 3. The van der Waals surface area contributed by atoms with E-state index in [1.165, 1.54) is 0 Å². The molecule has 0 aliphatic carbocycles. The summed E-state index contributed by atoms with van der Waals surface area (Å²) in [6.45, 7) is 2.54. The van der Waals surface area contributed by atoms with Gasteiger partial charge in [-0.3, -0.25) is 9.79 Å². The van der Waals surface area contributed by atoms with Crippen molar-refractivity contribution < 1.29 is 4.79 Å². The zero-order chi connectivity index (χ0) is 12.6. The van der Waals surface area contributed by atoms with Crippen LogP contribution in [0.4, 0.5) is 0 Å². The van der Waals surface area contributed by atoms with E-state index in [0.717, 1.165) is 31.0 Å². The van der Waals surface area contributed by atoms with Crippen LogP contribution in [-0.4, -0.2) is 31.5 Å². The lowest BCUT2D eigenvalue weighted by molar-refractivity contribution is -0.120. The first-order chi connectivity index (χ1) is 8.84. The number of hydrogen-bond acceptors (Lipinski definition) is 4. The highest BCUT2D eigenvalue weighted by Crippen LogP contribution is 1.96. The van der Waals surface area contributed by atoms with E-state index >= 15 is 0 Å². The van der Waals surface area contributed by atoms with Crippen molar-refractivity contribution in [3.63, 3.8) is 0 Å². The monoisotopic (exact) mass is 246 g/mol. The van der Waals surface area contributed by atoms with E-state index in [9.17, 15) is 4.79 Å². The van der Waals surface area contributed by atoms with Gasteiger partial charge in [0, 0.05) is 19.6 Å². The molecule has 0 saturated heterocycles. The van der Waals surface area contributed by atoms with Gasteiger partial charge in [-0.2, -0.15) is 0 Å². The van der Waals surface area contributed by atoms with Crippen LogP contribution in [0.25, 0.3) is 0 Å². The standard InChI is InChI=1S/C13H18N4O/c18-12(10-17-13-14-7-4-8-15-13)16-9-11-5-2-1-3-6-11/h1-3,5-6H,4,7-10H2,(H,16,18)(H2,14,15,17). The van der Waals surface area contributed by atoms with E-state index in [0.29, 0.717) is 6.54 Å². The van der Waals surface area contributed by atoms with Crippen LogP contribution >= 0.6 is 0 Å². The van der Waals surface area contributed by atoms with Crippen LogP contribution in [0.5, 0.6) is 0 Å². The Bertz CT molecular complexity index is 416. The van der Waals surface area contributed by atoms with Gasteiger partial charge in [0.2, 0.25) is 5.91 Å². The highest BCUT2D eigenvalue weighted by molar-refractivity contribution is 5.86. The van der Waals surface area contributed by atoms with Gasteiger partial charge in [0.1, 0.15) is 0 Å². The summed E-state index contributed by atoms with van der Waals surface area (Å²) in [6.07, 6.45) is 1.05. The largest absolute Gasteiger partial charge is 0.356 e. The lowest BCUT2D eigenvalue weighted by atomic mass is 10.2. The van der Waals surface area contributed by atoms with Crippen LogP contribution in [0.15, 0.2) is 35.3 Å². The van der Waals surface area contributed by atoms with Crippen LogP contribution in [0.1, 0.15) is 12.0 Å². The lowest BCUT2D eigenvalue weighted by Gasteiger charge is -2.15. The third-order valence-electron chi connectivity index (χ3n) is 2.65. The minimum absolute atomic E-state index is 0.0334.